The Morgan fingerprint density at radius 2 is 1.73 bits per heavy atom. The molecular formula is C32H39FN2O7S2. The van der Waals surface area contributed by atoms with Crippen LogP contribution in [0.25, 0.3) is 10.4 Å². The van der Waals surface area contributed by atoms with E-state index in [1.165, 1.54) is 18.0 Å². The van der Waals surface area contributed by atoms with Crippen LogP contribution in [-0.4, -0.2) is 59.8 Å². The molecule has 44 heavy (non-hydrogen) atoms. The molecule has 5 N–H and O–H groups in total. The van der Waals surface area contributed by atoms with Crippen LogP contribution in [0.1, 0.15) is 68.5 Å². The number of hydrogen-bond donors (Lipinski definition) is 5. The van der Waals surface area contributed by atoms with Crippen molar-refractivity contribution >= 4 is 39.5 Å². The van der Waals surface area contributed by atoms with Crippen molar-refractivity contribution in [2.75, 3.05) is 11.9 Å². The van der Waals surface area contributed by atoms with Gasteiger partial charge in [-0.15, -0.1) is 22.1 Å². The van der Waals surface area contributed by atoms with Gasteiger partial charge in [-0.1, -0.05) is 51.3 Å². The van der Waals surface area contributed by atoms with Gasteiger partial charge in [0, 0.05) is 35.2 Å². The van der Waals surface area contributed by atoms with Crippen LogP contribution in [0.2, 0.25) is 0 Å². The molecule has 2 aromatic carbocycles. The maximum atomic E-state index is 14.8. The molecule has 2 heterocycles. The Morgan fingerprint density at radius 3 is 2.32 bits per heavy atom. The number of nitrogens with zero attached hydrogens (tertiary/aromatic N) is 2. The summed E-state index contributed by atoms with van der Waals surface area (Å²) < 4.78 is 46.4. The predicted octanol–water partition coefficient (Wildman–Crippen LogP) is 7.52. The van der Waals surface area contributed by atoms with Crippen LogP contribution in [0.4, 0.5) is 15.8 Å². The summed E-state index contributed by atoms with van der Waals surface area (Å²) in [7, 11) is -2.57. The Morgan fingerprint density at radius 1 is 1.07 bits per heavy atom. The lowest BCUT2D eigenvalue weighted by Gasteiger charge is -2.52. The van der Waals surface area contributed by atoms with Gasteiger partial charge < -0.3 is 25.0 Å². The van der Waals surface area contributed by atoms with Gasteiger partial charge in [0.05, 0.1) is 16.7 Å². The number of carboxylic acids is 1. The SMILES string of the molecule is CN1C(O)(C2CCCCC2)C(O)N(c2ccccc2)c2cc(OC3CC(C)(C)C3)c(-c3cc(F)c(C(=O)O)s3)cc2S1(O)O. The molecule has 1 aliphatic heterocycles. The predicted molar refractivity (Wildman–Crippen MR) is 169 cm³/mol. The minimum Gasteiger partial charge on any atom is -0.490 e. The zero-order valence-electron chi connectivity index (χ0n) is 24.9. The molecular weight excluding hydrogens is 607 g/mol. The average molecular weight is 647 g/mol. The average Bonchev–Trinajstić information content (AvgIpc) is 3.36. The van der Waals surface area contributed by atoms with Crippen LogP contribution in [0.15, 0.2) is 53.4 Å². The minimum absolute atomic E-state index is 0.00314. The molecule has 0 spiro atoms. The molecule has 2 fully saturated rings. The molecule has 6 rings (SSSR count). The maximum absolute atomic E-state index is 14.8. The van der Waals surface area contributed by atoms with Gasteiger partial charge in [-0.25, -0.2) is 9.18 Å². The van der Waals surface area contributed by atoms with Crippen molar-refractivity contribution in [2.45, 2.75) is 81.7 Å². The van der Waals surface area contributed by atoms with E-state index in [1.54, 1.807) is 30.3 Å². The summed E-state index contributed by atoms with van der Waals surface area (Å²) in [5.74, 6) is -2.48. The summed E-state index contributed by atoms with van der Waals surface area (Å²) in [4.78, 5) is 13.0. The standard InChI is InChI=1S/C32H39FN2O7S2/c1-31(2)17-21(18-31)42-25-16-24-27(14-22(25)26-15-23(33)28(43-26)29(36)37)44(40,41)34(3)32(39,19-10-6-4-7-11-19)30(38)35(24)20-12-8-5-9-13-20/h5,8-9,12-16,19,21,30,38-41H,4,6-7,10-11,17-18H2,1-3H3,(H,36,37). The Balaban J connectivity index is 1.60. The first-order chi connectivity index (χ1) is 20.7. The van der Waals surface area contributed by atoms with Crippen molar-refractivity contribution in [3.05, 3.63) is 59.2 Å². The smallest absolute Gasteiger partial charge is 0.348 e. The summed E-state index contributed by atoms with van der Waals surface area (Å²) in [5.41, 5.74) is -0.958. The number of carbonyl (C=O) groups is 1. The van der Waals surface area contributed by atoms with Crippen LogP contribution in [0.5, 0.6) is 5.75 Å². The molecule has 12 heteroatoms. The number of hydrogen-bond acceptors (Lipinski definition) is 9. The van der Waals surface area contributed by atoms with E-state index >= 15 is 0 Å². The van der Waals surface area contributed by atoms with E-state index in [2.05, 4.69) is 13.8 Å². The van der Waals surface area contributed by atoms with E-state index in [0.29, 0.717) is 24.1 Å². The van der Waals surface area contributed by atoms with Crippen LogP contribution in [-0.2, 0) is 0 Å². The van der Waals surface area contributed by atoms with E-state index in [0.717, 1.165) is 53.8 Å². The van der Waals surface area contributed by atoms with Gasteiger partial charge in [0.15, 0.2) is 12.0 Å². The van der Waals surface area contributed by atoms with Gasteiger partial charge in [-0.3, -0.25) is 9.11 Å². The number of anilines is 2. The van der Waals surface area contributed by atoms with Gasteiger partial charge in [0.25, 0.3) is 0 Å². The van der Waals surface area contributed by atoms with Gasteiger partial charge in [-0.05, 0) is 55.4 Å². The second kappa shape index (κ2) is 11.3. The van der Waals surface area contributed by atoms with Crippen LogP contribution < -0.4 is 9.64 Å². The van der Waals surface area contributed by atoms with Crippen LogP contribution >= 0.6 is 22.1 Å². The van der Waals surface area contributed by atoms with Crippen molar-refractivity contribution in [1.82, 2.24) is 4.31 Å². The monoisotopic (exact) mass is 646 g/mol. The second-order valence-corrected chi connectivity index (χ2v) is 16.0. The first kappa shape index (κ1) is 31.3. The Kier molecular flexibility index (Phi) is 8.01. The first-order valence-electron chi connectivity index (χ1n) is 14.9. The Hall–Kier alpha value is -2.71. The van der Waals surface area contributed by atoms with Gasteiger partial charge in [0.1, 0.15) is 16.4 Å². The number of rotatable bonds is 6. The highest BCUT2D eigenvalue weighted by molar-refractivity contribution is 8.22. The molecule has 0 radical (unpaired) electrons. The number of para-hydroxylation sites is 1. The van der Waals surface area contributed by atoms with E-state index < -0.39 is 45.3 Å². The number of aliphatic hydroxyl groups is 2. The van der Waals surface area contributed by atoms with Crippen molar-refractivity contribution in [1.29, 1.82) is 0 Å². The summed E-state index contributed by atoms with van der Waals surface area (Å²) in [6.45, 7) is 4.26. The number of benzene rings is 2. The van der Waals surface area contributed by atoms with Crippen molar-refractivity contribution in [3.8, 4) is 16.2 Å². The van der Waals surface area contributed by atoms with Crippen molar-refractivity contribution in [3.63, 3.8) is 0 Å². The number of carboxylic acid groups (broad SMARTS) is 1. The number of fused-ring (bicyclic) bond motifs is 1. The van der Waals surface area contributed by atoms with Gasteiger partial charge in [-0.2, -0.15) is 4.31 Å². The normalized spacial score (nSPS) is 26.4. The fourth-order valence-electron chi connectivity index (χ4n) is 7.03. The minimum atomic E-state index is -3.97. The highest BCUT2D eigenvalue weighted by Crippen LogP contribution is 2.64. The number of aliphatic hydroxyl groups excluding tert-OH is 1. The summed E-state index contributed by atoms with van der Waals surface area (Å²) in [6.07, 6.45) is 3.58. The number of likely N-dealkylation sites (N-methyl/N-ethyl adjacent to an activating group) is 1. The highest BCUT2D eigenvalue weighted by atomic mass is 32.3. The van der Waals surface area contributed by atoms with Gasteiger partial charge >= 0.3 is 5.97 Å². The summed E-state index contributed by atoms with van der Waals surface area (Å²) in [5, 5.41) is 34.2. The fourth-order valence-corrected chi connectivity index (χ4v) is 9.59. The van der Waals surface area contributed by atoms with Gasteiger partial charge in [0.2, 0.25) is 0 Å². The summed E-state index contributed by atoms with van der Waals surface area (Å²) in [6, 6.07) is 13.1. The Bertz CT molecular complexity index is 1550. The zero-order chi connectivity index (χ0) is 31.6. The molecule has 2 atom stereocenters. The lowest BCUT2D eigenvalue weighted by Crippen LogP contribution is -2.63. The number of ether oxygens (including phenoxy) is 1. The molecule has 1 aromatic heterocycles. The van der Waals surface area contributed by atoms with Crippen molar-refractivity contribution < 1.29 is 38.3 Å². The topological polar surface area (TPSA) is 134 Å². The lowest BCUT2D eigenvalue weighted by molar-refractivity contribution is -0.180. The number of aromatic carboxylic acids is 1. The maximum Gasteiger partial charge on any atom is 0.348 e. The van der Waals surface area contributed by atoms with E-state index in [-0.39, 0.29) is 32.7 Å². The molecule has 2 saturated carbocycles. The largest absolute Gasteiger partial charge is 0.490 e. The molecule has 3 aliphatic rings. The Labute approximate surface area is 262 Å². The summed E-state index contributed by atoms with van der Waals surface area (Å²) >= 11 is 0.730. The zero-order valence-corrected chi connectivity index (χ0v) is 26.6. The molecule has 2 aliphatic carbocycles. The third kappa shape index (κ3) is 5.20. The lowest BCUT2D eigenvalue weighted by atomic mass is 9.70. The number of thiophene rings is 1. The molecule has 0 bridgehead atoms. The van der Waals surface area contributed by atoms with E-state index in [4.69, 9.17) is 4.74 Å². The molecule has 0 saturated heterocycles. The fraction of sp³-hybridized carbons (Fsp3) is 0.469. The molecule has 3 aromatic rings. The number of halogens is 1. The quantitative estimate of drug-likeness (QED) is 0.184. The van der Waals surface area contributed by atoms with Crippen molar-refractivity contribution in [2.24, 2.45) is 11.3 Å². The van der Waals surface area contributed by atoms with E-state index in [9.17, 15) is 33.6 Å². The third-order valence-corrected chi connectivity index (χ3v) is 12.5. The molecule has 0 amide bonds. The molecule has 238 valence electrons. The second-order valence-electron chi connectivity index (χ2n) is 12.9. The highest BCUT2D eigenvalue weighted by Gasteiger charge is 2.57. The third-order valence-electron chi connectivity index (χ3n) is 9.37. The van der Waals surface area contributed by atoms with E-state index in [1.807, 2.05) is 6.07 Å². The molecule has 2 unspecified atom stereocenters. The molecule has 9 nitrogen and oxygen atoms in total. The first-order valence-corrected chi connectivity index (χ1v) is 17.2. The van der Waals surface area contributed by atoms with Crippen LogP contribution in [0.3, 0.4) is 0 Å². The van der Waals surface area contributed by atoms with Crippen LogP contribution in [0, 0.1) is 17.2 Å².